The molecule has 1 rings (SSSR count). The summed E-state index contributed by atoms with van der Waals surface area (Å²) in [5.41, 5.74) is 0. The fourth-order valence-corrected chi connectivity index (χ4v) is 7.38. The minimum Gasteiger partial charge on any atom is -0.373 e. The largest absolute Gasteiger partial charge is 0.538 e. The Labute approximate surface area is 137 Å². The summed E-state index contributed by atoms with van der Waals surface area (Å²) in [5.74, 6) is 0. The molecule has 1 aromatic rings. The van der Waals surface area contributed by atoms with Gasteiger partial charge >= 0.3 is 8.80 Å². The smallest absolute Gasteiger partial charge is 0.373 e. The Kier molecular flexibility index (Phi) is 6.43. The highest BCUT2D eigenvalue weighted by Crippen LogP contribution is 2.21. The summed E-state index contributed by atoms with van der Waals surface area (Å²) in [6.07, 6.45) is 0. The molecule has 0 amide bonds. The van der Waals surface area contributed by atoms with E-state index in [-0.39, 0.29) is 0 Å². The lowest BCUT2D eigenvalue weighted by Gasteiger charge is -2.26. The number of hydrogen-bond donors (Lipinski definition) is 0. The third kappa shape index (κ3) is 2.91. The van der Waals surface area contributed by atoms with E-state index in [1.807, 2.05) is 0 Å². The molecule has 0 N–H and O–H groups in total. The minimum absolute atomic E-state index is 1.05. The molecule has 0 bridgehead atoms. The zero-order chi connectivity index (χ0) is 12.3. The van der Waals surface area contributed by atoms with Gasteiger partial charge in [-0.1, -0.05) is 0 Å². The molecule has 90 valence electrons. The van der Waals surface area contributed by atoms with Gasteiger partial charge in [-0.25, -0.2) is 0 Å². The van der Waals surface area contributed by atoms with Gasteiger partial charge in [0.05, 0.1) is 5.19 Å². The molecule has 7 heteroatoms. The Hall–Kier alpha value is 1.51. The van der Waals surface area contributed by atoms with Gasteiger partial charge in [-0.05, 0) is 79.9 Å². The van der Waals surface area contributed by atoms with E-state index < -0.39 is 8.80 Å². The molecule has 0 fully saturated rings. The highest BCUT2D eigenvalue weighted by atomic mass is 127. The lowest BCUT2D eigenvalue weighted by atomic mass is 10.4. The average Bonchev–Trinajstić information content (AvgIpc) is 2.30. The summed E-state index contributed by atoms with van der Waals surface area (Å²) in [7, 11) is 2.16. The second-order valence-corrected chi connectivity index (χ2v) is 9.13. The van der Waals surface area contributed by atoms with E-state index >= 15 is 0 Å². The van der Waals surface area contributed by atoms with E-state index in [9.17, 15) is 0 Å². The first-order valence-corrected chi connectivity index (χ1v) is 9.28. The Morgan fingerprint density at radius 3 is 1.75 bits per heavy atom. The SMILES string of the molecule is CO[Si](OC)(OC)c1c(I)ccc(I)c1I. The van der Waals surface area contributed by atoms with Crippen molar-refractivity contribution in [3.05, 3.63) is 22.8 Å². The van der Waals surface area contributed by atoms with E-state index in [0.717, 1.165) is 12.3 Å². The van der Waals surface area contributed by atoms with Crippen molar-refractivity contribution in [1.29, 1.82) is 0 Å². The molecule has 1 aromatic carbocycles. The molecular weight excluding hydrogens is 565 g/mol. The molecule has 0 saturated heterocycles. The summed E-state index contributed by atoms with van der Waals surface area (Å²) in [5, 5.41) is 1.05. The van der Waals surface area contributed by atoms with Gasteiger partial charge < -0.3 is 13.3 Å². The van der Waals surface area contributed by atoms with Crippen LogP contribution in [-0.4, -0.2) is 30.1 Å². The molecule has 0 radical (unpaired) electrons. The van der Waals surface area contributed by atoms with Gasteiger partial charge in [-0.2, -0.15) is 0 Å². The van der Waals surface area contributed by atoms with Crippen LogP contribution >= 0.6 is 67.8 Å². The summed E-state index contributed by atoms with van der Waals surface area (Å²) >= 11 is 6.89. The van der Waals surface area contributed by atoms with Crippen LogP contribution in [-0.2, 0) is 13.3 Å². The lowest BCUT2D eigenvalue weighted by Crippen LogP contribution is -2.57. The topological polar surface area (TPSA) is 27.7 Å². The van der Waals surface area contributed by atoms with Crippen LogP contribution in [0.3, 0.4) is 0 Å². The second kappa shape index (κ2) is 6.61. The van der Waals surface area contributed by atoms with Gasteiger partial charge in [-0.15, -0.1) is 0 Å². The van der Waals surface area contributed by atoms with E-state index in [1.54, 1.807) is 21.3 Å². The zero-order valence-corrected chi connectivity index (χ0v) is 16.5. The molecule has 0 aliphatic carbocycles. The fourth-order valence-electron chi connectivity index (χ4n) is 1.36. The van der Waals surface area contributed by atoms with Gasteiger partial charge in [0.2, 0.25) is 0 Å². The van der Waals surface area contributed by atoms with Crippen LogP contribution in [0.2, 0.25) is 0 Å². The molecule has 3 nitrogen and oxygen atoms in total. The molecule has 0 aromatic heterocycles. The lowest BCUT2D eigenvalue weighted by molar-refractivity contribution is 0.140. The number of rotatable bonds is 4. The van der Waals surface area contributed by atoms with Crippen molar-refractivity contribution in [3.63, 3.8) is 0 Å². The molecule has 0 aliphatic rings. The summed E-state index contributed by atoms with van der Waals surface area (Å²) in [4.78, 5) is 0. The second-order valence-electron chi connectivity index (χ2n) is 2.89. The predicted octanol–water partition coefficient (Wildman–Crippen LogP) is 2.59. The van der Waals surface area contributed by atoms with Crippen molar-refractivity contribution in [2.24, 2.45) is 0 Å². The van der Waals surface area contributed by atoms with Gasteiger partial charge in [0.25, 0.3) is 0 Å². The maximum absolute atomic E-state index is 5.52. The third-order valence-electron chi connectivity index (χ3n) is 2.16. The Morgan fingerprint density at radius 1 is 0.875 bits per heavy atom. The zero-order valence-electron chi connectivity index (χ0n) is 9.01. The van der Waals surface area contributed by atoms with E-state index in [0.29, 0.717) is 0 Å². The number of halogens is 3. The average molecular weight is 576 g/mol. The maximum atomic E-state index is 5.52. The molecular formula is C9H11I3O3Si. The molecule has 0 spiro atoms. The van der Waals surface area contributed by atoms with Crippen LogP contribution in [0.15, 0.2) is 12.1 Å². The Balaban J connectivity index is 3.45. The van der Waals surface area contributed by atoms with Crippen molar-refractivity contribution in [1.82, 2.24) is 0 Å². The highest BCUT2D eigenvalue weighted by Gasteiger charge is 2.44. The molecule has 0 aliphatic heterocycles. The molecule has 0 heterocycles. The highest BCUT2D eigenvalue weighted by molar-refractivity contribution is 14.1. The van der Waals surface area contributed by atoms with Crippen molar-refractivity contribution in [2.45, 2.75) is 0 Å². The summed E-state index contributed by atoms with van der Waals surface area (Å²) < 4.78 is 20.0. The van der Waals surface area contributed by atoms with Gasteiger partial charge in [0.1, 0.15) is 0 Å². The fraction of sp³-hybridized carbons (Fsp3) is 0.333. The standard InChI is InChI=1S/C9H11I3O3Si/c1-13-16(14-2,15-3)9-7(11)5-4-6(10)8(9)12/h4-5H,1-3H3. The van der Waals surface area contributed by atoms with Crippen molar-refractivity contribution in [2.75, 3.05) is 21.3 Å². The molecule has 0 saturated carbocycles. The normalized spacial score (nSPS) is 11.9. The minimum atomic E-state index is -2.73. The first-order valence-electron chi connectivity index (χ1n) is 4.31. The van der Waals surface area contributed by atoms with Gasteiger partial charge in [0.15, 0.2) is 0 Å². The summed E-state index contributed by atoms with van der Waals surface area (Å²) in [6.45, 7) is 0. The van der Waals surface area contributed by atoms with Crippen LogP contribution in [0.5, 0.6) is 0 Å². The van der Waals surface area contributed by atoms with Gasteiger partial charge in [0, 0.05) is 32.0 Å². The van der Waals surface area contributed by atoms with Crippen molar-refractivity contribution < 1.29 is 13.3 Å². The maximum Gasteiger partial charge on any atom is 0.538 e. The number of hydrogen-bond acceptors (Lipinski definition) is 3. The van der Waals surface area contributed by atoms with Crippen molar-refractivity contribution >= 4 is 81.8 Å². The van der Waals surface area contributed by atoms with Crippen LogP contribution in [0.1, 0.15) is 0 Å². The number of benzene rings is 1. The van der Waals surface area contributed by atoms with Crippen LogP contribution in [0.25, 0.3) is 0 Å². The van der Waals surface area contributed by atoms with Crippen LogP contribution < -0.4 is 5.19 Å². The third-order valence-corrected chi connectivity index (χ3v) is 9.87. The first kappa shape index (κ1) is 15.6. The van der Waals surface area contributed by atoms with Gasteiger partial charge in [-0.3, -0.25) is 0 Å². The van der Waals surface area contributed by atoms with E-state index in [1.165, 1.54) is 3.57 Å². The van der Waals surface area contributed by atoms with E-state index in [4.69, 9.17) is 13.3 Å². The Bertz CT molecular complexity index is 374. The van der Waals surface area contributed by atoms with E-state index in [2.05, 4.69) is 79.9 Å². The van der Waals surface area contributed by atoms with Crippen LogP contribution in [0.4, 0.5) is 0 Å². The molecule has 16 heavy (non-hydrogen) atoms. The monoisotopic (exact) mass is 576 g/mol. The Morgan fingerprint density at radius 2 is 1.31 bits per heavy atom. The van der Waals surface area contributed by atoms with Crippen LogP contribution in [0, 0.1) is 10.7 Å². The van der Waals surface area contributed by atoms with Crippen molar-refractivity contribution in [3.8, 4) is 0 Å². The first-order chi connectivity index (χ1) is 7.52. The molecule has 0 atom stereocenters. The predicted molar refractivity (Wildman–Crippen MR) is 91.0 cm³/mol. The summed E-state index contributed by atoms with van der Waals surface area (Å²) in [6, 6.07) is 4.13. The molecule has 0 unspecified atom stereocenters. The quantitative estimate of drug-likeness (QED) is 0.314.